The number of hydrogen-bond donors (Lipinski definition) is 2. The first-order valence-corrected chi connectivity index (χ1v) is 5.91. The van der Waals surface area contributed by atoms with Gasteiger partial charge in [0.25, 0.3) is 0 Å². The Hall–Kier alpha value is -1.70. The molecule has 2 rings (SSSR count). The van der Waals surface area contributed by atoms with E-state index in [2.05, 4.69) is 20.8 Å². The van der Waals surface area contributed by atoms with E-state index in [4.69, 9.17) is 0 Å². The summed E-state index contributed by atoms with van der Waals surface area (Å²) in [6.45, 7) is 6.52. The van der Waals surface area contributed by atoms with Crippen molar-refractivity contribution in [3.63, 3.8) is 0 Å². The van der Waals surface area contributed by atoms with Crippen molar-refractivity contribution in [1.29, 1.82) is 0 Å². The van der Waals surface area contributed by atoms with Gasteiger partial charge in [-0.3, -0.25) is 0 Å². The van der Waals surface area contributed by atoms with Gasteiger partial charge in [0, 0.05) is 5.39 Å². The number of fused-ring (bicyclic) bond motifs is 1. The van der Waals surface area contributed by atoms with Crippen molar-refractivity contribution < 1.29 is 10.2 Å². The Labute approximate surface area is 102 Å². The van der Waals surface area contributed by atoms with Crippen molar-refractivity contribution in [3.8, 4) is 11.5 Å². The molecule has 2 nitrogen and oxygen atoms in total. The van der Waals surface area contributed by atoms with E-state index in [-0.39, 0.29) is 16.9 Å². The van der Waals surface area contributed by atoms with Crippen molar-refractivity contribution in [2.45, 2.75) is 32.6 Å². The normalized spacial score (nSPS) is 11.9. The molecule has 0 amide bonds. The Morgan fingerprint density at radius 2 is 1.71 bits per heavy atom. The van der Waals surface area contributed by atoms with Gasteiger partial charge in [0.05, 0.1) is 0 Å². The lowest BCUT2D eigenvalue weighted by Crippen LogP contribution is -2.15. The molecule has 2 N–H and O–H groups in total. The molecule has 0 atom stereocenters. The zero-order chi connectivity index (χ0) is 12.6. The van der Waals surface area contributed by atoms with Crippen molar-refractivity contribution in [3.05, 3.63) is 35.9 Å². The predicted molar refractivity (Wildman–Crippen MR) is 70.6 cm³/mol. The number of phenolic OH excluding ortho intramolecular Hbond substituents is 2. The Kier molecular flexibility index (Phi) is 2.74. The van der Waals surface area contributed by atoms with Crippen LogP contribution in [0, 0.1) is 0 Å². The van der Waals surface area contributed by atoms with Gasteiger partial charge < -0.3 is 10.2 Å². The minimum absolute atomic E-state index is 0.0585. The first kappa shape index (κ1) is 11.8. The average Bonchev–Trinajstić information content (AvgIpc) is 2.30. The van der Waals surface area contributed by atoms with E-state index in [9.17, 15) is 10.2 Å². The third-order valence-corrected chi connectivity index (χ3v) is 3.59. The van der Waals surface area contributed by atoms with Crippen LogP contribution in [0.25, 0.3) is 10.8 Å². The van der Waals surface area contributed by atoms with Crippen molar-refractivity contribution >= 4 is 10.8 Å². The van der Waals surface area contributed by atoms with Gasteiger partial charge >= 0.3 is 0 Å². The predicted octanol–water partition coefficient (Wildman–Crippen LogP) is 3.94. The highest BCUT2D eigenvalue weighted by molar-refractivity contribution is 5.92. The van der Waals surface area contributed by atoms with Gasteiger partial charge in [0.15, 0.2) is 0 Å². The minimum atomic E-state index is 0.0585. The summed E-state index contributed by atoms with van der Waals surface area (Å²) in [5.41, 5.74) is 1.26. The van der Waals surface area contributed by atoms with E-state index in [1.165, 1.54) is 5.56 Å². The van der Waals surface area contributed by atoms with Gasteiger partial charge in [0.2, 0.25) is 0 Å². The molecular formula is C15H18O2. The molecule has 0 aliphatic heterocycles. The first-order chi connectivity index (χ1) is 7.95. The van der Waals surface area contributed by atoms with Gasteiger partial charge in [-0.2, -0.15) is 0 Å². The molecular weight excluding hydrogens is 212 g/mol. The van der Waals surface area contributed by atoms with Crippen LogP contribution in [0.1, 0.15) is 32.8 Å². The van der Waals surface area contributed by atoms with Crippen LogP contribution in [0.5, 0.6) is 11.5 Å². The highest BCUT2D eigenvalue weighted by atomic mass is 16.3. The average molecular weight is 230 g/mol. The van der Waals surface area contributed by atoms with Crippen LogP contribution < -0.4 is 0 Å². The second-order valence-electron chi connectivity index (χ2n) is 5.10. The van der Waals surface area contributed by atoms with Gasteiger partial charge in [-0.05, 0) is 41.0 Å². The summed E-state index contributed by atoms with van der Waals surface area (Å²) in [6.07, 6.45) is 1.02. The van der Waals surface area contributed by atoms with Crippen molar-refractivity contribution in [2.75, 3.05) is 0 Å². The highest BCUT2D eigenvalue weighted by Gasteiger charge is 2.21. The van der Waals surface area contributed by atoms with Gasteiger partial charge in [-0.1, -0.05) is 32.9 Å². The first-order valence-electron chi connectivity index (χ1n) is 5.91. The second kappa shape index (κ2) is 3.95. The van der Waals surface area contributed by atoms with Crippen molar-refractivity contribution in [2.24, 2.45) is 0 Å². The largest absolute Gasteiger partial charge is 0.508 e. The molecule has 0 unspecified atom stereocenters. The smallest absolute Gasteiger partial charge is 0.123 e. The number of rotatable bonds is 2. The molecule has 0 bridgehead atoms. The van der Waals surface area contributed by atoms with Gasteiger partial charge in [-0.15, -0.1) is 0 Å². The summed E-state index contributed by atoms with van der Waals surface area (Å²) in [7, 11) is 0. The summed E-state index contributed by atoms with van der Waals surface area (Å²) < 4.78 is 0. The molecule has 17 heavy (non-hydrogen) atoms. The second-order valence-corrected chi connectivity index (χ2v) is 5.10. The maximum Gasteiger partial charge on any atom is 0.123 e. The molecule has 2 aromatic carbocycles. The molecule has 0 aromatic heterocycles. The molecule has 90 valence electrons. The number of phenols is 2. The van der Waals surface area contributed by atoms with Crippen LogP contribution in [-0.2, 0) is 5.41 Å². The summed E-state index contributed by atoms with van der Waals surface area (Å²) >= 11 is 0. The summed E-state index contributed by atoms with van der Waals surface area (Å²) in [4.78, 5) is 0. The van der Waals surface area contributed by atoms with Crippen molar-refractivity contribution in [1.82, 2.24) is 0 Å². The Bertz CT molecular complexity index is 556. The van der Waals surface area contributed by atoms with Gasteiger partial charge in [0.1, 0.15) is 11.5 Å². The zero-order valence-electron chi connectivity index (χ0n) is 10.5. The molecule has 2 heteroatoms. The number of hydrogen-bond acceptors (Lipinski definition) is 2. The molecule has 0 fully saturated rings. The SMILES string of the molecule is CCC(C)(C)c1ccc(O)c2cc(O)ccc12. The van der Waals surface area contributed by atoms with E-state index in [1.807, 2.05) is 12.1 Å². The lowest BCUT2D eigenvalue weighted by atomic mass is 9.79. The molecule has 0 saturated carbocycles. The molecule has 0 aliphatic rings. The van der Waals surface area contributed by atoms with E-state index in [0.717, 1.165) is 11.8 Å². The Morgan fingerprint density at radius 1 is 1.00 bits per heavy atom. The van der Waals surface area contributed by atoms with E-state index in [0.29, 0.717) is 5.39 Å². The van der Waals surface area contributed by atoms with Crippen LogP contribution in [-0.4, -0.2) is 10.2 Å². The van der Waals surface area contributed by atoms with Crippen LogP contribution in [0.15, 0.2) is 30.3 Å². The molecule has 0 saturated heterocycles. The Balaban J connectivity index is 2.79. The lowest BCUT2D eigenvalue weighted by molar-refractivity contribution is 0.470. The molecule has 0 heterocycles. The number of aromatic hydroxyl groups is 2. The summed E-state index contributed by atoms with van der Waals surface area (Å²) in [5, 5.41) is 21.1. The van der Waals surface area contributed by atoms with E-state index < -0.39 is 0 Å². The van der Waals surface area contributed by atoms with E-state index >= 15 is 0 Å². The molecule has 0 radical (unpaired) electrons. The highest BCUT2D eigenvalue weighted by Crippen LogP contribution is 2.37. The fourth-order valence-electron chi connectivity index (χ4n) is 2.10. The minimum Gasteiger partial charge on any atom is -0.508 e. The van der Waals surface area contributed by atoms with Crippen LogP contribution in [0.3, 0.4) is 0 Å². The Morgan fingerprint density at radius 3 is 2.35 bits per heavy atom. The monoisotopic (exact) mass is 230 g/mol. The molecule has 2 aromatic rings. The van der Waals surface area contributed by atoms with Crippen LogP contribution >= 0.6 is 0 Å². The van der Waals surface area contributed by atoms with Crippen LogP contribution in [0.2, 0.25) is 0 Å². The maximum absolute atomic E-state index is 9.85. The maximum atomic E-state index is 9.85. The molecule has 0 spiro atoms. The van der Waals surface area contributed by atoms with E-state index in [1.54, 1.807) is 18.2 Å². The van der Waals surface area contributed by atoms with Gasteiger partial charge in [-0.25, -0.2) is 0 Å². The fraction of sp³-hybridized carbons (Fsp3) is 0.333. The molecule has 0 aliphatic carbocycles. The summed E-state index contributed by atoms with van der Waals surface area (Å²) in [6, 6.07) is 8.82. The third kappa shape index (κ3) is 1.95. The summed E-state index contributed by atoms with van der Waals surface area (Å²) in [5.74, 6) is 0.394. The zero-order valence-corrected chi connectivity index (χ0v) is 10.5. The number of benzene rings is 2. The topological polar surface area (TPSA) is 40.5 Å². The van der Waals surface area contributed by atoms with Crippen LogP contribution in [0.4, 0.5) is 0 Å². The quantitative estimate of drug-likeness (QED) is 0.820. The lowest BCUT2D eigenvalue weighted by Gasteiger charge is -2.25. The fourth-order valence-corrected chi connectivity index (χ4v) is 2.10. The third-order valence-electron chi connectivity index (χ3n) is 3.59. The standard InChI is InChI=1S/C15H18O2/c1-4-15(2,3)13-7-8-14(17)12-9-10(16)5-6-11(12)13/h5-9,16-17H,4H2,1-3H3.